The van der Waals surface area contributed by atoms with Gasteiger partial charge in [-0.3, -0.25) is 9.89 Å². The molecule has 5 heteroatoms. The van der Waals surface area contributed by atoms with Gasteiger partial charge >= 0.3 is 0 Å². The molecule has 5 nitrogen and oxygen atoms in total. The molecule has 1 aromatic rings. The molecule has 1 N–H and O–H groups in total. The van der Waals surface area contributed by atoms with Crippen molar-refractivity contribution in [1.29, 1.82) is 0 Å². The maximum atomic E-state index is 12.4. The lowest BCUT2D eigenvalue weighted by Gasteiger charge is -2.40. The number of nitrogens with zero attached hydrogens (tertiary/aromatic N) is 3. The number of H-pyrrole nitrogens is 1. The molecule has 0 aromatic carbocycles. The molecule has 2 saturated heterocycles. The van der Waals surface area contributed by atoms with E-state index in [0.29, 0.717) is 17.7 Å². The summed E-state index contributed by atoms with van der Waals surface area (Å²) in [5.74, 6) is 0.340. The number of amides is 1. The van der Waals surface area contributed by atoms with Crippen molar-refractivity contribution in [2.75, 3.05) is 33.2 Å². The first-order valence-corrected chi connectivity index (χ1v) is 8.11. The van der Waals surface area contributed by atoms with E-state index in [-0.39, 0.29) is 0 Å². The Hall–Kier alpha value is -1.36. The second kappa shape index (κ2) is 6.18. The molecule has 3 rings (SSSR count). The van der Waals surface area contributed by atoms with Crippen LogP contribution in [0.1, 0.15) is 37.7 Å². The van der Waals surface area contributed by atoms with E-state index < -0.39 is 0 Å². The third kappa shape index (κ3) is 3.46. The number of hydrogen-bond acceptors (Lipinski definition) is 3. The van der Waals surface area contributed by atoms with E-state index in [1.165, 1.54) is 31.4 Å². The van der Waals surface area contributed by atoms with Gasteiger partial charge in [-0.25, -0.2) is 0 Å². The summed E-state index contributed by atoms with van der Waals surface area (Å²) in [6, 6.07) is 0. The molecule has 0 aliphatic carbocycles. The van der Waals surface area contributed by atoms with Crippen LogP contribution in [0.4, 0.5) is 0 Å². The summed E-state index contributed by atoms with van der Waals surface area (Å²) in [5, 5.41) is 6.76. The Morgan fingerprint density at radius 3 is 3.00 bits per heavy atom. The molecule has 1 unspecified atom stereocenters. The predicted molar refractivity (Wildman–Crippen MR) is 81.9 cm³/mol. The first kappa shape index (κ1) is 14.6. The largest absolute Gasteiger partial charge is 0.342 e. The summed E-state index contributed by atoms with van der Waals surface area (Å²) in [6.45, 7) is 4.27. The number of aromatic nitrogens is 2. The summed E-state index contributed by atoms with van der Waals surface area (Å²) >= 11 is 0. The van der Waals surface area contributed by atoms with Crippen molar-refractivity contribution in [3.63, 3.8) is 0 Å². The van der Waals surface area contributed by atoms with Crippen LogP contribution in [0.25, 0.3) is 0 Å². The van der Waals surface area contributed by atoms with Gasteiger partial charge in [0.15, 0.2) is 0 Å². The van der Waals surface area contributed by atoms with E-state index in [1.807, 2.05) is 12.4 Å². The average molecular weight is 290 g/mol. The molecule has 21 heavy (non-hydrogen) atoms. The maximum Gasteiger partial charge on any atom is 0.222 e. The third-order valence-corrected chi connectivity index (χ3v) is 5.05. The van der Waals surface area contributed by atoms with Crippen LogP contribution in [0.5, 0.6) is 0 Å². The Labute approximate surface area is 126 Å². The number of aryl methyl sites for hydroxylation is 1. The minimum absolute atomic E-state index is 0.340. The van der Waals surface area contributed by atoms with Gasteiger partial charge in [0.2, 0.25) is 5.91 Å². The quantitative estimate of drug-likeness (QED) is 0.918. The van der Waals surface area contributed by atoms with Crippen molar-refractivity contribution in [2.45, 2.75) is 38.5 Å². The minimum atomic E-state index is 0.340. The lowest BCUT2D eigenvalue weighted by molar-refractivity contribution is -0.134. The average Bonchev–Trinajstić information content (AvgIpc) is 3.10. The Bertz CT molecular complexity index is 469. The molecule has 116 valence electrons. The van der Waals surface area contributed by atoms with Gasteiger partial charge in [0, 0.05) is 37.7 Å². The van der Waals surface area contributed by atoms with E-state index in [9.17, 15) is 4.79 Å². The summed E-state index contributed by atoms with van der Waals surface area (Å²) in [6.07, 6.45) is 9.98. The molecular formula is C16H26N4O. The number of nitrogens with one attached hydrogen (secondary N) is 1. The Kier molecular flexibility index (Phi) is 4.29. The first-order chi connectivity index (χ1) is 10.2. The summed E-state index contributed by atoms with van der Waals surface area (Å²) in [5.41, 5.74) is 1.57. The highest BCUT2D eigenvalue weighted by atomic mass is 16.2. The van der Waals surface area contributed by atoms with Crippen LogP contribution < -0.4 is 0 Å². The van der Waals surface area contributed by atoms with Crippen LogP contribution in [0, 0.1) is 5.41 Å². The van der Waals surface area contributed by atoms with Crippen LogP contribution in [-0.4, -0.2) is 59.1 Å². The van der Waals surface area contributed by atoms with Gasteiger partial charge in [0.1, 0.15) is 0 Å². The van der Waals surface area contributed by atoms with Crippen molar-refractivity contribution in [3.05, 3.63) is 18.0 Å². The smallest absolute Gasteiger partial charge is 0.222 e. The van der Waals surface area contributed by atoms with Gasteiger partial charge < -0.3 is 9.80 Å². The van der Waals surface area contributed by atoms with Gasteiger partial charge in [-0.15, -0.1) is 0 Å². The second-order valence-electron chi connectivity index (χ2n) is 6.87. The van der Waals surface area contributed by atoms with Crippen LogP contribution in [0.2, 0.25) is 0 Å². The SMILES string of the molecule is CN1CCC2(CCCN(C(=O)CCCc3cn[nH]c3)C2)C1. The number of carbonyl (C=O) groups is 1. The van der Waals surface area contributed by atoms with Gasteiger partial charge in [0.05, 0.1) is 6.20 Å². The normalized spacial score (nSPS) is 26.6. The molecule has 1 amide bonds. The zero-order valence-electron chi connectivity index (χ0n) is 13.0. The molecule has 1 spiro atoms. The van der Waals surface area contributed by atoms with Gasteiger partial charge in [0.25, 0.3) is 0 Å². The monoisotopic (exact) mass is 290 g/mol. The van der Waals surface area contributed by atoms with Gasteiger partial charge in [-0.2, -0.15) is 5.10 Å². The number of aromatic amines is 1. The second-order valence-corrected chi connectivity index (χ2v) is 6.87. The van der Waals surface area contributed by atoms with Crippen molar-refractivity contribution < 1.29 is 4.79 Å². The number of hydrogen-bond donors (Lipinski definition) is 1. The lowest BCUT2D eigenvalue weighted by atomic mass is 9.79. The molecule has 0 bridgehead atoms. The highest BCUT2D eigenvalue weighted by molar-refractivity contribution is 5.76. The van der Waals surface area contributed by atoms with Crippen LogP contribution in [-0.2, 0) is 11.2 Å². The third-order valence-electron chi connectivity index (χ3n) is 5.05. The van der Waals surface area contributed by atoms with E-state index in [1.54, 1.807) is 0 Å². The molecule has 2 fully saturated rings. The summed E-state index contributed by atoms with van der Waals surface area (Å²) in [7, 11) is 2.19. The molecule has 1 atom stereocenters. The lowest BCUT2D eigenvalue weighted by Crippen LogP contribution is -2.47. The van der Waals surface area contributed by atoms with Crippen LogP contribution >= 0.6 is 0 Å². The Balaban J connectivity index is 1.48. The van der Waals surface area contributed by atoms with Crippen LogP contribution in [0.15, 0.2) is 12.4 Å². The molecule has 0 saturated carbocycles. The van der Waals surface area contributed by atoms with Crippen molar-refractivity contribution >= 4 is 5.91 Å². The fourth-order valence-electron chi connectivity index (χ4n) is 3.93. The topological polar surface area (TPSA) is 52.2 Å². The van der Waals surface area contributed by atoms with E-state index >= 15 is 0 Å². The molecule has 0 radical (unpaired) electrons. The first-order valence-electron chi connectivity index (χ1n) is 8.11. The summed E-state index contributed by atoms with van der Waals surface area (Å²) in [4.78, 5) is 17.0. The molecular weight excluding hydrogens is 264 g/mol. The van der Waals surface area contributed by atoms with Crippen molar-refractivity contribution in [2.24, 2.45) is 5.41 Å². The van der Waals surface area contributed by atoms with E-state index in [4.69, 9.17) is 0 Å². The minimum Gasteiger partial charge on any atom is -0.342 e. The number of carbonyl (C=O) groups excluding carboxylic acids is 1. The number of rotatable bonds is 4. The molecule has 2 aliphatic heterocycles. The Morgan fingerprint density at radius 2 is 2.29 bits per heavy atom. The van der Waals surface area contributed by atoms with Crippen LogP contribution in [0.3, 0.4) is 0 Å². The number of likely N-dealkylation sites (tertiary alicyclic amines) is 2. The van der Waals surface area contributed by atoms with E-state index in [2.05, 4.69) is 27.0 Å². The Morgan fingerprint density at radius 1 is 1.38 bits per heavy atom. The zero-order chi connectivity index (χ0) is 14.7. The standard InChI is InChI=1S/C16H26N4O/c1-19-9-7-16(12-19)6-3-8-20(13-16)15(21)5-2-4-14-10-17-18-11-14/h10-11H,2-9,12-13H2,1H3,(H,17,18). The molecule has 3 heterocycles. The highest BCUT2D eigenvalue weighted by Crippen LogP contribution is 2.38. The van der Waals surface area contributed by atoms with Gasteiger partial charge in [-0.1, -0.05) is 0 Å². The van der Waals surface area contributed by atoms with Gasteiger partial charge in [-0.05, 0) is 51.3 Å². The molecule has 1 aromatic heterocycles. The zero-order valence-corrected chi connectivity index (χ0v) is 13.0. The predicted octanol–water partition coefficient (Wildman–Crippen LogP) is 1.68. The maximum absolute atomic E-state index is 12.4. The molecule has 2 aliphatic rings. The van der Waals surface area contributed by atoms with E-state index in [0.717, 1.165) is 32.5 Å². The van der Waals surface area contributed by atoms with Crippen molar-refractivity contribution in [3.8, 4) is 0 Å². The number of piperidine rings is 1. The summed E-state index contributed by atoms with van der Waals surface area (Å²) < 4.78 is 0. The van der Waals surface area contributed by atoms with Crippen molar-refractivity contribution in [1.82, 2.24) is 20.0 Å². The fraction of sp³-hybridized carbons (Fsp3) is 0.750. The fourth-order valence-corrected chi connectivity index (χ4v) is 3.93. The highest BCUT2D eigenvalue weighted by Gasteiger charge is 2.41.